The number of nitrogens with one attached hydrogen (secondary N) is 1. The van der Waals surface area contributed by atoms with Gasteiger partial charge in [-0.3, -0.25) is 15.1 Å². The predicted molar refractivity (Wildman–Crippen MR) is 113 cm³/mol. The van der Waals surface area contributed by atoms with Gasteiger partial charge in [-0.1, -0.05) is 34.6 Å². The van der Waals surface area contributed by atoms with Crippen molar-refractivity contribution in [2.75, 3.05) is 5.75 Å². The van der Waals surface area contributed by atoms with Crippen LogP contribution in [0.5, 0.6) is 0 Å². The molecular weight excluding hydrogens is 500 g/mol. The Balaban J connectivity index is 1.92. The SMILES string of the molecule is CCCSC1=NN2C(=c3cc(Br)ccc3=NC2c2ccc(Br)s2)C(=O)N1. The molecule has 4 rings (SSSR count). The van der Waals surface area contributed by atoms with Crippen LogP contribution in [-0.4, -0.2) is 21.8 Å². The molecule has 1 amide bonds. The minimum absolute atomic E-state index is 0.145. The molecule has 0 saturated heterocycles. The highest BCUT2D eigenvalue weighted by molar-refractivity contribution is 9.11. The number of amidine groups is 1. The predicted octanol–water partition coefficient (Wildman–Crippen LogP) is 3.56. The van der Waals surface area contributed by atoms with E-state index in [0.29, 0.717) is 10.9 Å². The molecule has 0 fully saturated rings. The van der Waals surface area contributed by atoms with Gasteiger partial charge in [-0.25, -0.2) is 5.01 Å². The van der Waals surface area contributed by atoms with Crippen LogP contribution in [0.1, 0.15) is 24.4 Å². The third-order valence-electron chi connectivity index (χ3n) is 3.86. The van der Waals surface area contributed by atoms with Crippen LogP contribution in [0.15, 0.2) is 48.7 Å². The second-order valence-corrected chi connectivity index (χ2v) is 10.2. The van der Waals surface area contributed by atoms with Crippen LogP contribution in [0.2, 0.25) is 0 Å². The van der Waals surface area contributed by atoms with Crippen LogP contribution in [0.4, 0.5) is 0 Å². The Hall–Kier alpha value is -1.16. The second kappa shape index (κ2) is 7.46. The number of hydrazone groups is 1. The van der Waals surface area contributed by atoms with Gasteiger partial charge in [0.2, 0.25) is 0 Å². The zero-order valence-electron chi connectivity index (χ0n) is 13.7. The molecule has 26 heavy (non-hydrogen) atoms. The molecule has 5 nitrogen and oxygen atoms in total. The van der Waals surface area contributed by atoms with E-state index in [0.717, 1.165) is 35.9 Å². The molecule has 2 aliphatic heterocycles. The molecule has 0 radical (unpaired) electrons. The molecule has 2 aromatic rings. The van der Waals surface area contributed by atoms with Crippen molar-refractivity contribution in [2.45, 2.75) is 19.5 Å². The van der Waals surface area contributed by atoms with Gasteiger partial charge >= 0.3 is 0 Å². The zero-order chi connectivity index (χ0) is 18.3. The van der Waals surface area contributed by atoms with Gasteiger partial charge < -0.3 is 0 Å². The highest BCUT2D eigenvalue weighted by Gasteiger charge is 2.35. The van der Waals surface area contributed by atoms with Crippen molar-refractivity contribution in [1.82, 2.24) is 10.3 Å². The molecule has 1 atom stereocenters. The lowest BCUT2D eigenvalue weighted by molar-refractivity contribution is -0.116. The average Bonchev–Trinajstić information content (AvgIpc) is 3.05. The number of benzene rings is 1. The van der Waals surface area contributed by atoms with Gasteiger partial charge in [0.25, 0.3) is 5.91 Å². The first-order valence-corrected chi connectivity index (χ1v) is 11.4. The number of hydrogen-bond donors (Lipinski definition) is 1. The van der Waals surface area contributed by atoms with E-state index in [1.54, 1.807) is 28.1 Å². The van der Waals surface area contributed by atoms with E-state index in [-0.39, 0.29) is 12.1 Å². The number of hydrogen-bond acceptors (Lipinski definition) is 6. The summed E-state index contributed by atoms with van der Waals surface area (Å²) >= 11 is 10.1. The zero-order valence-corrected chi connectivity index (χ0v) is 18.5. The number of thiophene rings is 1. The molecule has 1 aromatic carbocycles. The third-order valence-corrected chi connectivity index (χ3v) is 7.09. The summed E-state index contributed by atoms with van der Waals surface area (Å²) in [5.74, 6) is 0.755. The molecule has 0 spiro atoms. The highest BCUT2D eigenvalue weighted by atomic mass is 79.9. The van der Waals surface area contributed by atoms with Crippen molar-refractivity contribution >= 4 is 71.7 Å². The van der Waals surface area contributed by atoms with Crippen LogP contribution < -0.4 is 15.9 Å². The normalized spacial score (nSPS) is 18.7. The molecule has 1 N–H and O–H groups in total. The van der Waals surface area contributed by atoms with Gasteiger partial charge in [0.15, 0.2) is 11.3 Å². The molecular formula is C17H14Br2N4OS2. The van der Waals surface area contributed by atoms with E-state index >= 15 is 0 Å². The maximum atomic E-state index is 12.9. The van der Waals surface area contributed by atoms with Crippen LogP contribution in [0.25, 0.3) is 5.70 Å². The molecule has 0 aliphatic carbocycles. The van der Waals surface area contributed by atoms with Crippen molar-refractivity contribution in [3.63, 3.8) is 0 Å². The first kappa shape index (κ1) is 18.2. The third kappa shape index (κ3) is 3.37. The van der Waals surface area contributed by atoms with Crippen LogP contribution in [0, 0.1) is 0 Å². The molecule has 1 aromatic heterocycles. The van der Waals surface area contributed by atoms with Gasteiger partial charge in [0, 0.05) is 15.4 Å². The molecule has 9 heteroatoms. The Morgan fingerprint density at radius 2 is 2.15 bits per heavy atom. The highest BCUT2D eigenvalue weighted by Crippen LogP contribution is 2.36. The van der Waals surface area contributed by atoms with E-state index < -0.39 is 0 Å². The van der Waals surface area contributed by atoms with Crippen LogP contribution >= 0.6 is 55.0 Å². The number of halogens is 2. The number of rotatable bonds is 3. The first-order valence-electron chi connectivity index (χ1n) is 8.01. The quantitative estimate of drug-likeness (QED) is 0.682. The number of thioether (sulfide) groups is 1. The standard InChI is InChI=1S/C17H14Br2N4OS2/c1-2-7-25-17-21-16(24)14-10-8-9(18)3-4-11(10)20-15(23(14)22-17)12-5-6-13(19)26-12/h3-6,8,15H,2,7H2,1H3,(H,21,22,24). The fourth-order valence-electron chi connectivity index (χ4n) is 2.77. The average molecular weight is 514 g/mol. The monoisotopic (exact) mass is 512 g/mol. The van der Waals surface area contributed by atoms with Gasteiger partial charge in [0.1, 0.15) is 5.70 Å². The maximum absolute atomic E-state index is 12.9. The summed E-state index contributed by atoms with van der Waals surface area (Å²) in [7, 11) is 0. The lowest BCUT2D eigenvalue weighted by atomic mass is 10.1. The van der Waals surface area contributed by atoms with Gasteiger partial charge in [-0.05, 0) is 52.7 Å². The minimum atomic E-state index is -0.349. The van der Waals surface area contributed by atoms with Crippen LogP contribution in [0.3, 0.4) is 0 Å². The lowest BCUT2D eigenvalue weighted by Gasteiger charge is -2.33. The summed E-state index contributed by atoms with van der Waals surface area (Å²) in [6.45, 7) is 2.10. The van der Waals surface area contributed by atoms with Crippen molar-refractivity contribution in [1.29, 1.82) is 0 Å². The lowest BCUT2D eigenvalue weighted by Crippen LogP contribution is -2.50. The van der Waals surface area contributed by atoms with Crippen molar-refractivity contribution in [2.24, 2.45) is 10.1 Å². The maximum Gasteiger partial charge on any atom is 0.276 e. The number of fused-ring (bicyclic) bond motifs is 2. The Bertz CT molecular complexity index is 1030. The van der Waals surface area contributed by atoms with Gasteiger partial charge in [-0.2, -0.15) is 0 Å². The van der Waals surface area contributed by atoms with E-state index in [1.807, 2.05) is 30.3 Å². The Morgan fingerprint density at radius 3 is 2.88 bits per heavy atom. The summed E-state index contributed by atoms with van der Waals surface area (Å²) in [5.41, 5.74) is 0.534. The van der Waals surface area contributed by atoms with E-state index in [4.69, 9.17) is 10.1 Å². The van der Waals surface area contributed by atoms with Gasteiger partial charge in [-0.15, -0.1) is 16.4 Å². The molecule has 3 heterocycles. The number of carbonyl (C=O) groups is 1. The first-order chi connectivity index (χ1) is 12.6. The largest absolute Gasteiger partial charge is 0.298 e. The topological polar surface area (TPSA) is 57.1 Å². The Kier molecular flexibility index (Phi) is 5.22. The fraction of sp³-hybridized carbons (Fsp3) is 0.235. The summed E-state index contributed by atoms with van der Waals surface area (Å²) in [4.78, 5) is 18.8. The van der Waals surface area contributed by atoms with Crippen molar-refractivity contribution in [3.8, 4) is 0 Å². The molecule has 2 aliphatic rings. The van der Waals surface area contributed by atoms with Gasteiger partial charge in [0.05, 0.1) is 14.0 Å². The van der Waals surface area contributed by atoms with Crippen LogP contribution in [-0.2, 0) is 4.79 Å². The number of amides is 1. The molecule has 1 unspecified atom stereocenters. The molecule has 0 bridgehead atoms. The summed E-state index contributed by atoms with van der Waals surface area (Å²) in [6, 6.07) is 9.79. The number of carbonyl (C=O) groups excluding carboxylic acids is 1. The molecule has 134 valence electrons. The van der Waals surface area contributed by atoms with Crippen molar-refractivity contribution in [3.05, 3.63) is 54.0 Å². The summed E-state index contributed by atoms with van der Waals surface area (Å²) in [6.07, 6.45) is 0.663. The van der Waals surface area contributed by atoms with Crippen molar-refractivity contribution < 1.29 is 4.79 Å². The second-order valence-electron chi connectivity index (χ2n) is 5.71. The Morgan fingerprint density at radius 1 is 1.31 bits per heavy atom. The smallest absolute Gasteiger partial charge is 0.276 e. The van der Waals surface area contributed by atoms with E-state index in [1.165, 1.54) is 0 Å². The molecule has 0 saturated carbocycles. The Labute approximate surface area is 175 Å². The van der Waals surface area contributed by atoms with E-state index in [9.17, 15) is 4.79 Å². The summed E-state index contributed by atoms with van der Waals surface area (Å²) in [5, 5.41) is 11.6. The minimum Gasteiger partial charge on any atom is -0.298 e. The van der Waals surface area contributed by atoms with E-state index in [2.05, 4.69) is 44.1 Å². The number of nitrogens with zero attached hydrogens (tertiary/aromatic N) is 3. The summed E-state index contributed by atoms with van der Waals surface area (Å²) < 4.78 is 1.93. The fourth-order valence-corrected chi connectivity index (χ4v) is 5.29.